The fourth-order valence-corrected chi connectivity index (χ4v) is 8.64. The highest BCUT2D eigenvalue weighted by Gasteiger charge is 2.37. The first-order valence-electron chi connectivity index (χ1n) is 17.8. The molecule has 0 fully saturated rings. The molecule has 0 aliphatic heterocycles. The third-order valence-corrected chi connectivity index (χ3v) is 10.9. The molecule has 0 saturated carbocycles. The van der Waals surface area contributed by atoms with Crippen LogP contribution >= 0.6 is 0 Å². The largest absolute Gasteiger partial charge is 0.310 e. The van der Waals surface area contributed by atoms with Gasteiger partial charge >= 0.3 is 0 Å². The van der Waals surface area contributed by atoms with E-state index in [1.807, 2.05) is 0 Å². The standard InChI is InChI=1S/C49H36N2/c1-49(2)45-21-13-12-20-39(45)40-27-29-42-41(47(40)49)28-30-43-44-32-38(50(35-16-8-4-9-17-35)36-18-10-5-11-19-36)26-31-46(44)51(48(42)43)37-24-22-34(23-25-37)33-14-6-3-7-15-33/h3-32H,1-2H3. The van der Waals surface area contributed by atoms with Crippen LogP contribution in [-0.4, -0.2) is 4.57 Å². The zero-order valence-corrected chi connectivity index (χ0v) is 28.7. The molecule has 2 heteroatoms. The van der Waals surface area contributed by atoms with Gasteiger partial charge < -0.3 is 9.47 Å². The van der Waals surface area contributed by atoms with E-state index < -0.39 is 0 Å². The number of nitrogens with zero attached hydrogens (tertiary/aromatic N) is 2. The lowest BCUT2D eigenvalue weighted by Gasteiger charge is -2.25. The third-order valence-electron chi connectivity index (χ3n) is 10.9. The number of para-hydroxylation sites is 2. The Labute approximate surface area is 298 Å². The zero-order valence-electron chi connectivity index (χ0n) is 28.7. The Bertz CT molecular complexity index is 2700. The summed E-state index contributed by atoms with van der Waals surface area (Å²) in [5.74, 6) is 0. The summed E-state index contributed by atoms with van der Waals surface area (Å²) in [6.07, 6.45) is 0. The molecule has 242 valence electrons. The molecule has 8 aromatic carbocycles. The summed E-state index contributed by atoms with van der Waals surface area (Å²) < 4.78 is 2.49. The Balaban J connectivity index is 1.26. The van der Waals surface area contributed by atoms with Gasteiger partial charge in [-0.25, -0.2) is 0 Å². The van der Waals surface area contributed by atoms with Gasteiger partial charge in [-0.15, -0.1) is 0 Å². The van der Waals surface area contributed by atoms with E-state index in [4.69, 9.17) is 0 Å². The van der Waals surface area contributed by atoms with E-state index in [2.05, 4.69) is 205 Å². The molecule has 1 aliphatic carbocycles. The summed E-state index contributed by atoms with van der Waals surface area (Å²) >= 11 is 0. The lowest BCUT2D eigenvalue weighted by Crippen LogP contribution is -2.15. The lowest BCUT2D eigenvalue weighted by molar-refractivity contribution is 0.666. The highest BCUT2D eigenvalue weighted by Crippen LogP contribution is 2.52. The normalized spacial score (nSPS) is 13.1. The highest BCUT2D eigenvalue weighted by atomic mass is 15.1. The Hall–Kier alpha value is -6.38. The number of benzene rings is 8. The minimum Gasteiger partial charge on any atom is -0.310 e. The summed E-state index contributed by atoms with van der Waals surface area (Å²) in [6, 6.07) is 66.4. The molecule has 0 amide bonds. The second-order valence-corrected chi connectivity index (χ2v) is 14.2. The molecule has 9 aromatic rings. The molecule has 1 aliphatic rings. The number of anilines is 3. The van der Waals surface area contributed by atoms with Gasteiger partial charge in [-0.2, -0.15) is 0 Å². The maximum Gasteiger partial charge on any atom is 0.0619 e. The molecule has 0 N–H and O–H groups in total. The topological polar surface area (TPSA) is 8.17 Å². The van der Waals surface area contributed by atoms with Crippen molar-refractivity contribution in [3.05, 3.63) is 193 Å². The molecule has 0 radical (unpaired) electrons. The van der Waals surface area contributed by atoms with Crippen LogP contribution in [0.1, 0.15) is 25.0 Å². The van der Waals surface area contributed by atoms with Crippen molar-refractivity contribution in [1.29, 1.82) is 0 Å². The van der Waals surface area contributed by atoms with Crippen molar-refractivity contribution in [1.82, 2.24) is 4.57 Å². The fraction of sp³-hybridized carbons (Fsp3) is 0.0612. The number of hydrogen-bond acceptors (Lipinski definition) is 1. The van der Waals surface area contributed by atoms with Gasteiger partial charge in [0.25, 0.3) is 0 Å². The lowest BCUT2D eigenvalue weighted by atomic mass is 9.80. The summed E-state index contributed by atoms with van der Waals surface area (Å²) in [5.41, 5.74) is 14.8. The molecular weight excluding hydrogens is 617 g/mol. The van der Waals surface area contributed by atoms with E-state index in [-0.39, 0.29) is 5.41 Å². The monoisotopic (exact) mass is 652 g/mol. The quantitative estimate of drug-likeness (QED) is 0.180. The van der Waals surface area contributed by atoms with Crippen molar-refractivity contribution in [3.8, 4) is 27.9 Å². The molecule has 1 heterocycles. The fourth-order valence-electron chi connectivity index (χ4n) is 8.64. The van der Waals surface area contributed by atoms with Crippen molar-refractivity contribution < 1.29 is 0 Å². The Morgan fingerprint density at radius 1 is 0.431 bits per heavy atom. The minimum absolute atomic E-state index is 0.105. The van der Waals surface area contributed by atoms with Gasteiger partial charge in [0.2, 0.25) is 0 Å². The van der Waals surface area contributed by atoms with Crippen molar-refractivity contribution in [2.45, 2.75) is 19.3 Å². The van der Waals surface area contributed by atoms with Crippen LogP contribution in [0.2, 0.25) is 0 Å². The summed E-state index contributed by atoms with van der Waals surface area (Å²) in [7, 11) is 0. The zero-order chi connectivity index (χ0) is 34.1. The van der Waals surface area contributed by atoms with E-state index in [1.165, 1.54) is 66.0 Å². The van der Waals surface area contributed by atoms with Crippen LogP contribution in [-0.2, 0) is 5.41 Å². The third kappa shape index (κ3) is 4.50. The molecule has 10 rings (SSSR count). The molecule has 0 saturated heterocycles. The summed E-state index contributed by atoms with van der Waals surface area (Å²) in [6.45, 7) is 4.76. The van der Waals surface area contributed by atoms with Crippen LogP contribution in [0.5, 0.6) is 0 Å². The van der Waals surface area contributed by atoms with Gasteiger partial charge in [-0.1, -0.05) is 141 Å². The number of rotatable bonds is 5. The molecular formula is C49H36N2. The van der Waals surface area contributed by atoms with Gasteiger partial charge in [-0.3, -0.25) is 0 Å². The maximum atomic E-state index is 2.49. The number of hydrogen-bond donors (Lipinski definition) is 0. The molecule has 1 aromatic heterocycles. The van der Waals surface area contributed by atoms with Gasteiger partial charge in [0.1, 0.15) is 0 Å². The second kappa shape index (κ2) is 11.3. The summed E-state index contributed by atoms with van der Waals surface area (Å²) in [4.78, 5) is 2.35. The predicted octanol–water partition coefficient (Wildman–Crippen LogP) is 13.4. The van der Waals surface area contributed by atoms with Crippen molar-refractivity contribution in [2.75, 3.05) is 4.90 Å². The highest BCUT2D eigenvalue weighted by molar-refractivity contribution is 6.20. The van der Waals surface area contributed by atoms with Crippen LogP contribution in [0.25, 0.3) is 60.5 Å². The van der Waals surface area contributed by atoms with E-state index in [0.717, 1.165) is 22.7 Å². The van der Waals surface area contributed by atoms with Crippen LogP contribution in [0.15, 0.2) is 182 Å². The first-order valence-corrected chi connectivity index (χ1v) is 17.8. The van der Waals surface area contributed by atoms with Crippen molar-refractivity contribution in [2.24, 2.45) is 0 Å². The second-order valence-electron chi connectivity index (χ2n) is 14.2. The van der Waals surface area contributed by atoms with Gasteiger partial charge in [0.05, 0.1) is 11.0 Å². The maximum absolute atomic E-state index is 2.49. The minimum atomic E-state index is -0.105. The average Bonchev–Trinajstić information content (AvgIpc) is 3.65. The first kappa shape index (κ1) is 29.5. The molecule has 2 nitrogen and oxygen atoms in total. The van der Waals surface area contributed by atoms with Crippen LogP contribution < -0.4 is 4.90 Å². The Morgan fingerprint density at radius 2 is 1.00 bits per heavy atom. The first-order chi connectivity index (χ1) is 25.1. The van der Waals surface area contributed by atoms with Crippen molar-refractivity contribution >= 4 is 49.6 Å². The van der Waals surface area contributed by atoms with Crippen molar-refractivity contribution in [3.63, 3.8) is 0 Å². The van der Waals surface area contributed by atoms with E-state index in [1.54, 1.807) is 0 Å². The number of fused-ring (bicyclic) bond motifs is 9. The van der Waals surface area contributed by atoms with E-state index in [9.17, 15) is 0 Å². The SMILES string of the molecule is CC1(C)c2ccccc2-c2ccc3c(ccc4c5cc(N(c6ccccc6)c6ccccc6)ccc5n(-c5ccc(-c6ccccc6)cc5)c34)c21. The predicted molar refractivity (Wildman–Crippen MR) is 216 cm³/mol. The average molecular weight is 653 g/mol. The van der Waals surface area contributed by atoms with E-state index in [0.29, 0.717) is 0 Å². The molecule has 51 heavy (non-hydrogen) atoms. The molecule has 0 bridgehead atoms. The smallest absolute Gasteiger partial charge is 0.0619 e. The number of aromatic nitrogens is 1. The van der Waals surface area contributed by atoms with E-state index >= 15 is 0 Å². The van der Waals surface area contributed by atoms with Crippen LogP contribution in [0.3, 0.4) is 0 Å². The van der Waals surface area contributed by atoms with Gasteiger partial charge in [0, 0.05) is 44.3 Å². The molecule has 0 unspecified atom stereocenters. The van der Waals surface area contributed by atoms with Gasteiger partial charge in [-0.05, 0) is 93.4 Å². The summed E-state index contributed by atoms with van der Waals surface area (Å²) in [5, 5.41) is 5.08. The molecule has 0 atom stereocenters. The molecule has 0 spiro atoms. The van der Waals surface area contributed by atoms with Gasteiger partial charge in [0.15, 0.2) is 0 Å². The Kier molecular flexibility index (Phi) is 6.56. The van der Waals surface area contributed by atoms with Crippen LogP contribution in [0, 0.1) is 0 Å². The Morgan fingerprint density at radius 3 is 1.71 bits per heavy atom. The van der Waals surface area contributed by atoms with Crippen LogP contribution in [0.4, 0.5) is 17.1 Å².